The minimum Gasteiger partial charge on any atom is -0.670 e. The van der Waals surface area contributed by atoms with Crippen molar-refractivity contribution in [3.8, 4) is 0 Å². The molecule has 0 saturated heterocycles. The third kappa shape index (κ3) is 14.0. The Morgan fingerprint density at radius 2 is 1.48 bits per heavy atom. The van der Waals surface area contributed by atoms with Gasteiger partial charge in [-0.05, 0) is 24.3 Å². The summed E-state index contributed by atoms with van der Waals surface area (Å²) in [5.41, 5.74) is 11.7. The maximum atomic E-state index is 8.24. The minimum absolute atomic E-state index is 0. The van der Waals surface area contributed by atoms with E-state index in [4.69, 9.17) is 5.73 Å². The van der Waals surface area contributed by atoms with E-state index in [0.717, 1.165) is 23.0 Å². The predicted molar refractivity (Wildman–Crippen MR) is 117 cm³/mol. The topological polar surface area (TPSA) is 23.8 Å². The molecular formula is C24H42NRbRe-2. The number of hydrogen-bond donors (Lipinski definition) is 0. The van der Waals surface area contributed by atoms with Crippen LogP contribution in [-0.4, -0.2) is 0 Å². The van der Waals surface area contributed by atoms with Gasteiger partial charge in [0.1, 0.15) is 0 Å². The first-order chi connectivity index (χ1) is 11.5. The Kier molecular flexibility index (Phi) is 29.0. The Morgan fingerprint density at radius 1 is 1.07 bits per heavy atom. The first-order valence-electron chi connectivity index (χ1n) is 9.81. The normalized spacial score (nSPS) is 13.6. The molecule has 0 bridgehead atoms. The second-order valence-electron chi connectivity index (χ2n) is 6.67. The summed E-state index contributed by atoms with van der Waals surface area (Å²) in [4.78, 5) is 0. The fraction of sp³-hybridized carbons (Fsp3) is 0.583. The molecule has 1 unspecified atom stereocenters. The van der Waals surface area contributed by atoms with E-state index in [1.54, 1.807) is 0 Å². The smallest absolute Gasteiger partial charge is 0.670 e. The maximum absolute atomic E-state index is 8.24. The van der Waals surface area contributed by atoms with Gasteiger partial charge >= 0.3 is 58.2 Å². The molecule has 3 heteroatoms. The van der Waals surface area contributed by atoms with Crippen molar-refractivity contribution in [2.24, 2.45) is 0 Å². The zero-order valence-corrected chi connectivity index (χ0v) is 26.9. The van der Waals surface area contributed by atoms with Crippen molar-refractivity contribution >= 4 is 0 Å². The molecular weight excluding hydrogens is 574 g/mol. The van der Waals surface area contributed by atoms with Gasteiger partial charge in [-0.1, -0.05) is 83.2 Å². The van der Waals surface area contributed by atoms with Crippen molar-refractivity contribution in [2.75, 3.05) is 0 Å². The quantitative estimate of drug-likeness (QED) is 0.377. The van der Waals surface area contributed by atoms with Crippen LogP contribution in [0.15, 0.2) is 36.4 Å². The van der Waals surface area contributed by atoms with Gasteiger partial charge in [0.2, 0.25) is 0 Å². The third-order valence-corrected chi connectivity index (χ3v) is 4.34. The minimum atomic E-state index is -0.314. The SMILES string of the molecule is C=C([C-](C)C)C([NH-])c1ccc(C2CCCCC2)cc1.CC.CCC.[CH3-].[Rb+].[Re]. The molecule has 1 nitrogen and oxygen atoms in total. The van der Waals surface area contributed by atoms with Gasteiger partial charge in [0.25, 0.3) is 0 Å². The molecule has 1 fully saturated rings. The standard InChI is InChI=1S/C18H25N.C3H8.C2H6.CH3.Rb.Re/c1-13(2)14(3)18(19)17-11-9-16(10-12-17)15-7-5-4-6-8-15;1-3-2;1-2;;;/h9-12,15,18-19H,3-8H2,1-2H3;3H2,1-2H3;1-2H3;1H3;;/q-2;;;-1;+1;. The molecule has 1 saturated carbocycles. The van der Waals surface area contributed by atoms with Crippen molar-refractivity contribution in [3.05, 3.63) is 66.6 Å². The summed E-state index contributed by atoms with van der Waals surface area (Å²) in [7, 11) is 0. The van der Waals surface area contributed by atoms with Gasteiger partial charge in [0.05, 0.1) is 0 Å². The Morgan fingerprint density at radius 3 is 1.85 bits per heavy atom. The summed E-state index contributed by atoms with van der Waals surface area (Å²) in [6.45, 7) is 16.3. The summed E-state index contributed by atoms with van der Waals surface area (Å²) < 4.78 is 0. The fourth-order valence-corrected chi connectivity index (χ4v) is 2.89. The fourth-order valence-electron chi connectivity index (χ4n) is 2.89. The first-order valence-corrected chi connectivity index (χ1v) is 9.81. The van der Waals surface area contributed by atoms with Crippen LogP contribution in [0.4, 0.5) is 0 Å². The van der Waals surface area contributed by atoms with Crippen LogP contribution in [0, 0.1) is 13.3 Å². The largest absolute Gasteiger partial charge is 1.00 e. The molecule has 1 atom stereocenters. The molecule has 27 heavy (non-hydrogen) atoms. The summed E-state index contributed by atoms with van der Waals surface area (Å²) in [6, 6.07) is 8.38. The average molecular weight is 616 g/mol. The Labute approximate surface area is 234 Å². The molecule has 1 aromatic rings. The third-order valence-electron chi connectivity index (χ3n) is 4.34. The zero-order chi connectivity index (χ0) is 18.5. The molecule has 153 valence electrons. The molecule has 1 aromatic carbocycles. The Bertz CT molecular complexity index is 436. The molecule has 0 amide bonds. The van der Waals surface area contributed by atoms with Gasteiger partial charge in [-0.2, -0.15) is 0 Å². The van der Waals surface area contributed by atoms with Crippen LogP contribution in [0.3, 0.4) is 0 Å². The summed E-state index contributed by atoms with van der Waals surface area (Å²) in [6.07, 6.45) is 8.05. The number of hydrogen-bond acceptors (Lipinski definition) is 0. The van der Waals surface area contributed by atoms with E-state index in [-0.39, 0.29) is 92.1 Å². The number of nitrogens with one attached hydrogen (secondary N) is 1. The number of rotatable bonds is 4. The van der Waals surface area contributed by atoms with Crippen LogP contribution in [0.2, 0.25) is 0 Å². The van der Waals surface area contributed by atoms with Gasteiger partial charge in [-0.25, -0.2) is 18.1 Å². The molecule has 1 N–H and O–H groups in total. The Balaban J connectivity index is -0.000000302. The van der Waals surface area contributed by atoms with Crippen LogP contribution < -0.4 is 58.2 Å². The maximum Gasteiger partial charge on any atom is 1.00 e. The van der Waals surface area contributed by atoms with E-state index >= 15 is 0 Å². The van der Waals surface area contributed by atoms with E-state index < -0.39 is 0 Å². The summed E-state index contributed by atoms with van der Waals surface area (Å²) >= 11 is 0. The van der Waals surface area contributed by atoms with Crippen LogP contribution in [0.25, 0.3) is 5.73 Å². The molecule has 1 aliphatic rings. The molecule has 0 spiro atoms. The van der Waals surface area contributed by atoms with E-state index in [9.17, 15) is 0 Å². The van der Waals surface area contributed by atoms with Gasteiger partial charge in [0.15, 0.2) is 0 Å². The summed E-state index contributed by atoms with van der Waals surface area (Å²) in [5.74, 6) is 1.89. The molecule has 0 aromatic heterocycles. The van der Waals surface area contributed by atoms with Crippen LogP contribution in [0.5, 0.6) is 0 Å². The van der Waals surface area contributed by atoms with Crippen molar-refractivity contribution in [1.29, 1.82) is 0 Å². The zero-order valence-electron chi connectivity index (χ0n) is 19.3. The first kappa shape index (κ1) is 35.7. The van der Waals surface area contributed by atoms with E-state index in [1.807, 2.05) is 27.7 Å². The molecule has 1 radical (unpaired) electrons. The second kappa shape index (κ2) is 22.0. The molecule has 0 aliphatic heterocycles. The average Bonchev–Trinajstić information content (AvgIpc) is 2.63. The molecule has 0 heterocycles. The number of benzene rings is 1. The van der Waals surface area contributed by atoms with Crippen molar-refractivity contribution in [1.82, 2.24) is 0 Å². The Hall–Kier alpha value is 1.26. The molecule has 2 rings (SSSR count). The van der Waals surface area contributed by atoms with Gasteiger partial charge < -0.3 is 13.2 Å². The van der Waals surface area contributed by atoms with Gasteiger partial charge in [0, 0.05) is 20.4 Å². The van der Waals surface area contributed by atoms with Crippen LogP contribution >= 0.6 is 0 Å². The second-order valence-corrected chi connectivity index (χ2v) is 6.67. The van der Waals surface area contributed by atoms with E-state index in [2.05, 4.69) is 44.7 Å². The van der Waals surface area contributed by atoms with Gasteiger partial charge in [-0.3, -0.25) is 0 Å². The monoisotopic (exact) mass is 616 g/mol. The van der Waals surface area contributed by atoms with Crippen molar-refractivity contribution in [3.63, 3.8) is 0 Å². The van der Waals surface area contributed by atoms with Crippen LogP contribution in [0.1, 0.15) is 103 Å². The van der Waals surface area contributed by atoms with E-state index in [0.29, 0.717) is 0 Å². The molecule has 1 aliphatic carbocycles. The van der Waals surface area contributed by atoms with Gasteiger partial charge in [-0.15, -0.1) is 19.9 Å². The van der Waals surface area contributed by atoms with E-state index in [1.165, 1.54) is 44.1 Å². The van der Waals surface area contributed by atoms with Crippen LogP contribution in [-0.2, 0) is 20.4 Å². The van der Waals surface area contributed by atoms with Crippen molar-refractivity contribution in [2.45, 2.75) is 92.0 Å². The van der Waals surface area contributed by atoms with Crippen molar-refractivity contribution < 1.29 is 78.6 Å². The summed E-state index contributed by atoms with van der Waals surface area (Å²) in [5, 5.41) is 0. The predicted octanol–water partition coefficient (Wildman–Crippen LogP) is 5.89.